The maximum Gasteiger partial charge on any atom is 0.251 e. The van der Waals surface area contributed by atoms with Crippen molar-refractivity contribution in [2.45, 2.75) is 25.8 Å². The maximum atomic E-state index is 12.0. The van der Waals surface area contributed by atoms with E-state index in [0.717, 1.165) is 24.8 Å². The van der Waals surface area contributed by atoms with Crippen LogP contribution in [0.15, 0.2) is 48.6 Å². The molecule has 23 heavy (non-hydrogen) atoms. The molecule has 0 spiro atoms. The van der Waals surface area contributed by atoms with E-state index in [1.807, 2.05) is 6.08 Å². The lowest BCUT2D eigenvalue weighted by molar-refractivity contribution is -0.117. The number of nitrogens with one attached hydrogen (secondary N) is 2. The summed E-state index contributed by atoms with van der Waals surface area (Å²) in [5.74, 6) is -0.306. The highest BCUT2D eigenvalue weighted by Gasteiger charge is 2.14. The highest BCUT2D eigenvalue weighted by molar-refractivity contribution is 6.03. The molecule has 7 nitrogen and oxygen atoms in total. The van der Waals surface area contributed by atoms with Crippen LogP contribution in [-0.2, 0) is 16.1 Å². The van der Waals surface area contributed by atoms with Gasteiger partial charge in [-0.3, -0.25) is 19.3 Å². The molecule has 0 fully saturated rings. The Labute approximate surface area is 133 Å². The number of amides is 2. The number of pyridine rings is 1. The van der Waals surface area contributed by atoms with Gasteiger partial charge in [0.1, 0.15) is 6.54 Å². The van der Waals surface area contributed by atoms with Gasteiger partial charge in [-0.25, -0.2) is 0 Å². The fraction of sp³-hybridized carbons (Fsp3) is 0.250. The average Bonchev–Trinajstić information content (AvgIpc) is 3.20. The number of carbonyl (C=O) groups is 2. The predicted octanol–water partition coefficient (Wildman–Crippen LogP) is 1.97. The summed E-state index contributed by atoms with van der Waals surface area (Å²) >= 11 is 0. The molecule has 0 atom stereocenters. The molecule has 0 radical (unpaired) electrons. The van der Waals surface area contributed by atoms with Crippen molar-refractivity contribution in [2.24, 2.45) is 0 Å². The van der Waals surface area contributed by atoms with Crippen molar-refractivity contribution in [3.05, 3.63) is 48.6 Å². The topological polar surface area (TPSA) is 88.9 Å². The normalized spacial score (nSPS) is 13.5. The van der Waals surface area contributed by atoms with Gasteiger partial charge >= 0.3 is 0 Å². The van der Waals surface area contributed by atoms with E-state index in [9.17, 15) is 9.59 Å². The first-order valence-corrected chi connectivity index (χ1v) is 7.43. The molecule has 0 bridgehead atoms. The van der Waals surface area contributed by atoms with Gasteiger partial charge < -0.3 is 10.6 Å². The Hall–Kier alpha value is -2.96. The molecule has 7 heteroatoms. The first kappa shape index (κ1) is 15.0. The van der Waals surface area contributed by atoms with Crippen LogP contribution in [-0.4, -0.2) is 26.6 Å². The first-order chi connectivity index (χ1) is 11.2. The molecule has 2 aromatic heterocycles. The van der Waals surface area contributed by atoms with Gasteiger partial charge in [0.25, 0.3) is 5.91 Å². The largest absolute Gasteiger partial charge is 0.323 e. The summed E-state index contributed by atoms with van der Waals surface area (Å²) in [6.45, 7) is 0.0630. The van der Waals surface area contributed by atoms with E-state index in [2.05, 4.69) is 20.7 Å². The molecule has 0 aliphatic heterocycles. The Kier molecular flexibility index (Phi) is 4.46. The van der Waals surface area contributed by atoms with Crippen LogP contribution < -0.4 is 10.6 Å². The quantitative estimate of drug-likeness (QED) is 0.883. The zero-order chi connectivity index (χ0) is 16.1. The van der Waals surface area contributed by atoms with Crippen molar-refractivity contribution in [3.8, 4) is 0 Å². The zero-order valence-corrected chi connectivity index (χ0v) is 12.5. The summed E-state index contributed by atoms with van der Waals surface area (Å²) in [7, 11) is 0. The number of nitrogens with zero attached hydrogens (tertiary/aromatic N) is 3. The smallest absolute Gasteiger partial charge is 0.251 e. The lowest BCUT2D eigenvalue weighted by Gasteiger charge is -2.04. The second kappa shape index (κ2) is 6.87. The third-order valence-corrected chi connectivity index (χ3v) is 3.47. The molecule has 2 N–H and O–H groups in total. The molecule has 0 saturated carbocycles. The van der Waals surface area contributed by atoms with E-state index in [1.54, 1.807) is 30.7 Å². The van der Waals surface area contributed by atoms with Crippen LogP contribution in [0.5, 0.6) is 0 Å². The number of carbonyl (C=O) groups excluding carboxylic acids is 2. The molecular formula is C16H17N5O2. The van der Waals surface area contributed by atoms with Crippen molar-refractivity contribution in [2.75, 3.05) is 10.6 Å². The molecule has 2 amide bonds. The summed E-state index contributed by atoms with van der Waals surface area (Å²) < 4.78 is 1.48. The molecule has 1 aliphatic rings. The van der Waals surface area contributed by atoms with Crippen LogP contribution in [0.25, 0.3) is 0 Å². The summed E-state index contributed by atoms with van der Waals surface area (Å²) in [5, 5.41) is 9.60. The lowest BCUT2D eigenvalue weighted by atomic mass is 10.2. The molecule has 0 saturated heterocycles. The van der Waals surface area contributed by atoms with Gasteiger partial charge in [0.05, 0.1) is 23.8 Å². The Morgan fingerprint density at radius 3 is 2.87 bits per heavy atom. The first-order valence-electron chi connectivity index (χ1n) is 7.43. The molecule has 1 aliphatic carbocycles. The van der Waals surface area contributed by atoms with Crippen LogP contribution in [0, 0.1) is 0 Å². The van der Waals surface area contributed by atoms with Crippen LogP contribution in [0.4, 0.5) is 11.4 Å². The van der Waals surface area contributed by atoms with Gasteiger partial charge in [-0.1, -0.05) is 6.08 Å². The van der Waals surface area contributed by atoms with E-state index < -0.39 is 0 Å². The molecule has 2 aromatic rings. The van der Waals surface area contributed by atoms with Gasteiger partial charge in [0.2, 0.25) is 5.91 Å². The maximum absolute atomic E-state index is 12.0. The number of aromatic nitrogens is 3. The molecule has 118 valence electrons. The minimum Gasteiger partial charge on any atom is -0.323 e. The van der Waals surface area contributed by atoms with Crippen LogP contribution in [0.3, 0.4) is 0 Å². The summed E-state index contributed by atoms with van der Waals surface area (Å²) in [5.41, 5.74) is 2.02. The number of anilines is 2. The van der Waals surface area contributed by atoms with Gasteiger partial charge in [0.15, 0.2) is 0 Å². The van der Waals surface area contributed by atoms with E-state index in [0.29, 0.717) is 11.4 Å². The van der Waals surface area contributed by atoms with Crippen LogP contribution in [0.2, 0.25) is 0 Å². The minimum atomic E-state index is -0.211. The summed E-state index contributed by atoms with van der Waals surface area (Å²) in [6, 6.07) is 3.50. The molecule has 0 unspecified atom stereocenters. The molecule has 3 rings (SSSR count). The SMILES string of the molecule is O=C(Cn1cc(NC(=O)C2=CCCC2)cn1)Nc1cccnc1. The van der Waals surface area contributed by atoms with Gasteiger partial charge in [0, 0.05) is 18.0 Å². The fourth-order valence-corrected chi connectivity index (χ4v) is 2.39. The van der Waals surface area contributed by atoms with E-state index in [-0.39, 0.29) is 18.4 Å². The van der Waals surface area contributed by atoms with Gasteiger partial charge in [-0.05, 0) is 31.4 Å². The van der Waals surface area contributed by atoms with E-state index in [4.69, 9.17) is 0 Å². The Balaban J connectivity index is 1.54. The number of allylic oxidation sites excluding steroid dienone is 1. The Bertz CT molecular complexity index is 736. The fourth-order valence-electron chi connectivity index (χ4n) is 2.39. The third-order valence-electron chi connectivity index (χ3n) is 3.47. The molecule has 0 aromatic carbocycles. The predicted molar refractivity (Wildman–Crippen MR) is 85.7 cm³/mol. The number of hydrogen-bond acceptors (Lipinski definition) is 4. The van der Waals surface area contributed by atoms with Crippen molar-refractivity contribution in [1.29, 1.82) is 0 Å². The number of rotatable bonds is 5. The van der Waals surface area contributed by atoms with Gasteiger partial charge in [-0.15, -0.1) is 0 Å². The van der Waals surface area contributed by atoms with Crippen molar-refractivity contribution < 1.29 is 9.59 Å². The van der Waals surface area contributed by atoms with E-state index >= 15 is 0 Å². The zero-order valence-electron chi connectivity index (χ0n) is 12.5. The average molecular weight is 311 g/mol. The third kappa shape index (κ3) is 4.03. The summed E-state index contributed by atoms with van der Waals surface area (Å²) in [6.07, 6.45) is 11.1. The molecular weight excluding hydrogens is 294 g/mol. The molecule has 2 heterocycles. The lowest BCUT2D eigenvalue weighted by Crippen LogP contribution is -2.19. The summed E-state index contributed by atoms with van der Waals surface area (Å²) in [4.78, 5) is 27.8. The van der Waals surface area contributed by atoms with Crippen LogP contribution >= 0.6 is 0 Å². The second-order valence-corrected chi connectivity index (χ2v) is 5.29. The highest BCUT2D eigenvalue weighted by atomic mass is 16.2. The Morgan fingerprint density at radius 2 is 2.13 bits per heavy atom. The van der Waals surface area contributed by atoms with Crippen LogP contribution in [0.1, 0.15) is 19.3 Å². The standard InChI is InChI=1S/C16H17N5O2/c22-15(19-13-6-3-7-17-8-13)11-21-10-14(9-18-21)20-16(23)12-4-1-2-5-12/h3-4,6-10H,1-2,5,11H2,(H,19,22)(H,20,23). The minimum absolute atomic E-state index is 0.0630. The monoisotopic (exact) mass is 311 g/mol. The highest BCUT2D eigenvalue weighted by Crippen LogP contribution is 2.19. The van der Waals surface area contributed by atoms with Gasteiger partial charge in [-0.2, -0.15) is 5.10 Å². The number of hydrogen-bond donors (Lipinski definition) is 2. The van der Waals surface area contributed by atoms with Crippen molar-refractivity contribution >= 4 is 23.2 Å². The van der Waals surface area contributed by atoms with Crippen molar-refractivity contribution in [3.63, 3.8) is 0 Å². The Morgan fingerprint density at radius 1 is 1.22 bits per heavy atom. The van der Waals surface area contributed by atoms with Crippen molar-refractivity contribution in [1.82, 2.24) is 14.8 Å². The second-order valence-electron chi connectivity index (χ2n) is 5.29. The van der Waals surface area contributed by atoms with E-state index in [1.165, 1.54) is 10.9 Å².